The van der Waals surface area contributed by atoms with E-state index in [-0.39, 0.29) is 5.92 Å². The molecule has 0 aliphatic rings. The number of amides is 2. The minimum absolute atomic E-state index is 0.267. The van der Waals surface area contributed by atoms with Crippen molar-refractivity contribution in [2.45, 2.75) is 26.8 Å². The Morgan fingerprint density at radius 3 is 2.47 bits per heavy atom. The van der Waals surface area contributed by atoms with E-state index in [2.05, 4.69) is 10.6 Å². The van der Waals surface area contributed by atoms with Crippen LogP contribution in [-0.2, 0) is 4.79 Å². The number of rotatable bonds is 4. The number of halogens is 1. The van der Waals surface area contributed by atoms with Gasteiger partial charge in [0, 0.05) is 10.7 Å². The number of hydrogen-bond donors (Lipinski definition) is 2. The van der Waals surface area contributed by atoms with Gasteiger partial charge in [-0.15, -0.1) is 0 Å². The fraction of sp³-hybridized carbons (Fsp3) is 0.385. The van der Waals surface area contributed by atoms with Gasteiger partial charge in [-0.2, -0.15) is 0 Å². The summed E-state index contributed by atoms with van der Waals surface area (Å²) in [6.45, 7) is 5.18. The van der Waals surface area contributed by atoms with E-state index in [0.717, 1.165) is 5.56 Å². The lowest BCUT2D eigenvalue weighted by atomic mass is 10.1. The SMILES string of the molecule is Cc1ccc(Cl)cc1NC(=O)N[C@H](C(=O)[O-])C(C)C. The molecular formula is C13H16ClN2O3-. The van der Waals surface area contributed by atoms with E-state index in [1.165, 1.54) is 0 Å². The molecular weight excluding hydrogens is 268 g/mol. The molecule has 0 heterocycles. The Kier molecular flexibility index (Phi) is 5.18. The Bertz CT molecular complexity index is 489. The van der Waals surface area contributed by atoms with Crippen LogP contribution in [0.15, 0.2) is 18.2 Å². The molecule has 0 aromatic heterocycles. The zero-order valence-corrected chi connectivity index (χ0v) is 11.7. The van der Waals surface area contributed by atoms with Crippen molar-refractivity contribution >= 4 is 29.3 Å². The van der Waals surface area contributed by atoms with Gasteiger partial charge in [0.25, 0.3) is 0 Å². The van der Waals surface area contributed by atoms with Crippen LogP contribution in [0.5, 0.6) is 0 Å². The summed E-state index contributed by atoms with van der Waals surface area (Å²) < 4.78 is 0. The van der Waals surface area contributed by atoms with E-state index in [9.17, 15) is 14.7 Å². The first-order valence-corrected chi connectivity index (χ1v) is 6.23. The van der Waals surface area contributed by atoms with Crippen molar-refractivity contribution in [1.29, 1.82) is 0 Å². The van der Waals surface area contributed by atoms with Gasteiger partial charge in [-0.25, -0.2) is 4.79 Å². The van der Waals surface area contributed by atoms with E-state index in [0.29, 0.717) is 10.7 Å². The lowest BCUT2D eigenvalue weighted by molar-refractivity contribution is -0.309. The summed E-state index contributed by atoms with van der Waals surface area (Å²) in [4.78, 5) is 22.6. The number of carboxylic acid groups (broad SMARTS) is 1. The van der Waals surface area contributed by atoms with Gasteiger partial charge in [-0.3, -0.25) is 0 Å². The number of hydrogen-bond acceptors (Lipinski definition) is 3. The van der Waals surface area contributed by atoms with Crippen molar-refractivity contribution in [3.63, 3.8) is 0 Å². The van der Waals surface area contributed by atoms with Crippen LogP contribution in [0, 0.1) is 12.8 Å². The molecule has 0 radical (unpaired) electrons. The van der Waals surface area contributed by atoms with Crippen LogP contribution >= 0.6 is 11.6 Å². The molecule has 5 nitrogen and oxygen atoms in total. The molecule has 0 spiro atoms. The maximum atomic E-state index is 11.7. The van der Waals surface area contributed by atoms with Crippen LogP contribution in [0.25, 0.3) is 0 Å². The Hall–Kier alpha value is -1.75. The van der Waals surface area contributed by atoms with Crippen LogP contribution in [0.1, 0.15) is 19.4 Å². The maximum absolute atomic E-state index is 11.7. The summed E-state index contributed by atoms with van der Waals surface area (Å²) in [6.07, 6.45) is 0. The molecule has 1 rings (SSSR count). The van der Waals surface area contributed by atoms with E-state index >= 15 is 0 Å². The van der Waals surface area contributed by atoms with E-state index < -0.39 is 18.0 Å². The number of aliphatic carboxylic acids is 1. The maximum Gasteiger partial charge on any atom is 0.319 e. The lowest BCUT2D eigenvalue weighted by Gasteiger charge is -2.23. The van der Waals surface area contributed by atoms with Crippen LogP contribution in [0.2, 0.25) is 5.02 Å². The number of anilines is 1. The number of aryl methyl sites for hydroxylation is 1. The topological polar surface area (TPSA) is 81.3 Å². The van der Waals surface area contributed by atoms with Gasteiger partial charge < -0.3 is 20.5 Å². The molecule has 0 saturated heterocycles. The quantitative estimate of drug-likeness (QED) is 0.879. The fourth-order valence-corrected chi connectivity index (χ4v) is 1.70. The van der Waals surface area contributed by atoms with Gasteiger partial charge in [0.2, 0.25) is 0 Å². The number of carbonyl (C=O) groups excluding carboxylic acids is 2. The molecule has 1 aromatic rings. The number of urea groups is 1. The molecule has 2 amide bonds. The standard InChI is InChI=1S/C13H17ClN2O3/c1-7(2)11(12(17)18)16-13(19)15-10-6-9(14)5-4-8(10)3/h4-7,11H,1-3H3,(H,17,18)(H2,15,16,19)/p-1/t11-/m0/s1. The molecule has 104 valence electrons. The second kappa shape index (κ2) is 6.43. The van der Waals surface area contributed by atoms with Gasteiger partial charge in [0.05, 0.1) is 12.0 Å². The van der Waals surface area contributed by atoms with Crippen molar-refractivity contribution in [2.75, 3.05) is 5.32 Å². The highest BCUT2D eigenvalue weighted by atomic mass is 35.5. The first kappa shape index (κ1) is 15.3. The molecule has 0 bridgehead atoms. The van der Waals surface area contributed by atoms with Crippen LogP contribution < -0.4 is 15.7 Å². The molecule has 0 fully saturated rings. The monoisotopic (exact) mass is 283 g/mol. The van der Waals surface area contributed by atoms with Crippen LogP contribution in [0.3, 0.4) is 0 Å². The summed E-state index contributed by atoms with van der Waals surface area (Å²) in [5.41, 5.74) is 1.36. The predicted octanol–water partition coefficient (Wildman–Crippen LogP) is 1.54. The van der Waals surface area contributed by atoms with Crippen molar-refractivity contribution in [3.8, 4) is 0 Å². The zero-order chi connectivity index (χ0) is 14.6. The van der Waals surface area contributed by atoms with E-state index in [4.69, 9.17) is 11.6 Å². The van der Waals surface area contributed by atoms with E-state index in [1.54, 1.807) is 32.0 Å². The van der Waals surface area contributed by atoms with Crippen molar-refractivity contribution in [3.05, 3.63) is 28.8 Å². The van der Waals surface area contributed by atoms with Crippen molar-refractivity contribution in [2.24, 2.45) is 5.92 Å². The number of benzene rings is 1. The molecule has 1 atom stereocenters. The van der Waals surface area contributed by atoms with E-state index in [1.807, 2.05) is 6.92 Å². The van der Waals surface area contributed by atoms with Crippen LogP contribution in [0.4, 0.5) is 10.5 Å². The third kappa shape index (κ3) is 4.44. The Balaban J connectivity index is 2.74. The second-order valence-corrected chi connectivity index (χ2v) is 5.03. The zero-order valence-electron chi connectivity index (χ0n) is 11.0. The fourth-order valence-electron chi connectivity index (χ4n) is 1.53. The molecule has 0 aliphatic heterocycles. The summed E-state index contributed by atoms with van der Waals surface area (Å²) in [5.74, 6) is -1.58. The Labute approximate surface area is 117 Å². The molecule has 2 N–H and O–H groups in total. The smallest absolute Gasteiger partial charge is 0.319 e. The summed E-state index contributed by atoms with van der Waals surface area (Å²) >= 11 is 5.83. The van der Waals surface area contributed by atoms with Gasteiger partial charge in [0.1, 0.15) is 0 Å². The molecule has 6 heteroatoms. The Morgan fingerprint density at radius 2 is 1.95 bits per heavy atom. The highest BCUT2D eigenvalue weighted by molar-refractivity contribution is 6.31. The highest BCUT2D eigenvalue weighted by Crippen LogP contribution is 2.20. The highest BCUT2D eigenvalue weighted by Gasteiger charge is 2.17. The Morgan fingerprint density at radius 1 is 1.32 bits per heavy atom. The van der Waals surface area contributed by atoms with Gasteiger partial charge in [0.15, 0.2) is 0 Å². The predicted molar refractivity (Wildman–Crippen MR) is 72.0 cm³/mol. The average Bonchev–Trinajstić information content (AvgIpc) is 2.30. The second-order valence-electron chi connectivity index (χ2n) is 4.60. The average molecular weight is 284 g/mol. The minimum Gasteiger partial charge on any atom is -0.548 e. The number of carboxylic acids is 1. The molecule has 1 aromatic carbocycles. The van der Waals surface area contributed by atoms with Gasteiger partial charge >= 0.3 is 6.03 Å². The third-order valence-corrected chi connectivity index (χ3v) is 2.89. The number of nitrogens with one attached hydrogen (secondary N) is 2. The molecule has 0 saturated carbocycles. The van der Waals surface area contributed by atoms with Crippen molar-refractivity contribution < 1.29 is 14.7 Å². The largest absolute Gasteiger partial charge is 0.548 e. The summed E-state index contributed by atoms with van der Waals surface area (Å²) in [7, 11) is 0. The molecule has 0 aliphatic carbocycles. The number of carbonyl (C=O) groups is 2. The van der Waals surface area contributed by atoms with Gasteiger partial charge in [-0.05, 0) is 30.5 Å². The third-order valence-electron chi connectivity index (χ3n) is 2.66. The van der Waals surface area contributed by atoms with Gasteiger partial charge in [-0.1, -0.05) is 31.5 Å². The summed E-state index contributed by atoms with van der Waals surface area (Å²) in [5, 5.41) is 16.3. The lowest BCUT2D eigenvalue weighted by Crippen LogP contribution is -2.52. The first-order valence-electron chi connectivity index (χ1n) is 5.85. The molecule has 0 unspecified atom stereocenters. The van der Waals surface area contributed by atoms with Crippen LogP contribution in [-0.4, -0.2) is 18.0 Å². The minimum atomic E-state index is -1.31. The summed E-state index contributed by atoms with van der Waals surface area (Å²) in [6, 6.07) is 3.42. The normalized spacial score (nSPS) is 12.1. The first-order chi connectivity index (χ1) is 8.81. The van der Waals surface area contributed by atoms with Crippen molar-refractivity contribution in [1.82, 2.24) is 5.32 Å². The molecule has 19 heavy (non-hydrogen) atoms.